The molecule has 0 radical (unpaired) electrons. The van der Waals surface area contributed by atoms with Gasteiger partial charge in [-0.15, -0.1) is 5.10 Å². The molecule has 2 aromatic rings. The molecule has 0 aliphatic carbocycles. The van der Waals surface area contributed by atoms with Crippen LogP contribution in [0.4, 0.5) is 6.01 Å². The van der Waals surface area contributed by atoms with Crippen LogP contribution in [0.1, 0.15) is 16.2 Å². The van der Waals surface area contributed by atoms with Gasteiger partial charge in [0.05, 0.1) is 0 Å². The number of hydrogen-bond donors (Lipinski definition) is 1. The third kappa shape index (κ3) is 1.47. The van der Waals surface area contributed by atoms with Crippen molar-refractivity contribution in [1.82, 2.24) is 10.2 Å². The minimum atomic E-state index is -0.324. The van der Waals surface area contributed by atoms with Crippen LogP contribution in [0.3, 0.4) is 0 Å². The molecule has 70 valence electrons. The van der Waals surface area contributed by atoms with Gasteiger partial charge in [-0.1, -0.05) is 35.4 Å². The number of benzene rings is 1. The van der Waals surface area contributed by atoms with E-state index >= 15 is 0 Å². The predicted octanol–water partition coefficient (Wildman–Crippen LogP) is 0.883. The van der Waals surface area contributed by atoms with Gasteiger partial charge in [-0.25, -0.2) is 0 Å². The monoisotopic (exact) mass is 189 g/mol. The summed E-state index contributed by atoms with van der Waals surface area (Å²) in [5.41, 5.74) is 5.70. The summed E-state index contributed by atoms with van der Waals surface area (Å²) in [5.74, 6) is -0.413. The molecule has 2 N–H and O–H groups in total. The third-order valence-corrected chi connectivity index (χ3v) is 1.67. The number of aromatic nitrogens is 2. The highest BCUT2D eigenvalue weighted by Crippen LogP contribution is 2.08. The molecule has 14 heavy (non-hydrogen) atoms. The highest BCUT2D eigenvalue weighted by atomic mass is 16.4. The number of carbonyl (C=O) groups excluding carboxylic acids is 1. The summed E-state index contributed by atoms with van der Waals surface area (Å²) >= 11 is 0. The molecule has 0 bridgehead atoms. The molecule has 0 atom stereocenters. The molecule has 1 aromatic carbocycles. The van der Waals surface area contributed by atoms with Crippen molar-refractivity contribution in [2.45, 2.75) is 0 Å². The molecule has 2 rings (SSSR count). The van der Waals surface area contributed by atoms with E-state index in [1.165, 1.54) is 0 Å². The zero-order valence-electron chi connectivity index (χ0n) is 7.18. The number of rotatable bonds is 2. The van der Waals surface area contributed by atoms with E-state index in [1.54, 1.807) is 24.3 Å². The Morgan fingerprint density at radius 1 is 1.21 bits per heavy atom. The molecule has 1 heterocycles. The van der Waals surface area contributed by atoms with Crippen molar-refractivity contribution in [2.24, 2.45) is 0 Å². The van der Waals surface area contributed by atoms with Crippen molar-refractivity contribution in [1.29, 1.82) is 0 Å². The lowest BCUT2D eigenvalue weighted by molar-refractivity contribution is 0.100. The zero-order valence-corrected chi connectivity index (χ0v) is 7.18. The van der Waals surface area contributed by atoms with E-state index < -0.39 is 0 Å². The van der Waals surface area contributed by atoms with E-state index in [0.29, 0.717) is 5.56 Å². The Bertz CT molecular complexity index is 450. The third-order valence-electron chi connectivity index (χ3n) is 1.67. The van der Waals surface area contributed by atoms with Gasteiger partial charge in [0.25, 0.3) is 5.89 Å². The minimum absolute atomic E-state index is 0.0892. The fourth-order valence-electron chi connectivity index (χ4n) is 1.04. The van der Waals surface area contributed by atoms with Crippen molar-refractivity contribution in [3.63, 3.8) is 0 Å². The molecule has 0 saturated heterocycles. The van der Waals surface area contributed by atoms with E-state index in [-0.39, 0.29) is 17.7 Å². The van der Waals surface area contributed by atoms with Crippen LogP contribution in [0.2, 0.25) is 0 Å². The fraction of sp³-hybridized carbons (Fsp3) is 0. The predicted molar refractivity (Wildman–Crippen MR) is 48.6 cm³/mol. The van der Waals surface area contributed by atoms with Crippen molar-refractivity contribution >= 4 is 11.8 Å². The van der Waals surface area contributed by atoms with Gasteiger partial charge in [0.2, 0.25) is 5.78 Å². The molecule has 0 amide bonds. The first kappa shape index (κ1) is 8.43. The first-order valence-electron chi connectivity index (χ1n) is 3.96. The molecular weight excluding hydrogens is 182 g/mol. The van der Waals surface area contributed by atoms with Gasteiger partial charge >= 0.3 is 6.01 Å². The van der Waals surface area contributed by atoms with Gasteiger partial charge in [-0.2, -0.15) is 0 Å². The Hall–Kier alpha value is -2.17. The number of nitrogen functional groups attached to an aromatic ring is 1. The molecule has 1 aromatic heterocycles. The topological polar surface area (TPSA) is 82.0 Å². The number of hydrogen-bond acceptors (Lipinski definition) is 5. The number of ketones is 1. The Morgan fingerprint density at radius 3 is 2.50 bits per heavy atom. The second-order valence-electron chi connectivity index (χ2n) is 2.64. The number of carbonyl (C=O) groups is 1. The molecule has 5 heteroatoms. The quantitative estimate of drug-likeness (QED) is 0.709. The highest BCUT2D eigenvalue weighted by molar-refractivity contribution is 6.05. The molecule has 0 aliphatic rings. The summed E-state index contributed by atoms with van der Waals surface area (Å²) < 4.78 is 4.81. The maximum Gasteiger partial charge on any atom is 0.313 e. The normalized spacial score (nSPS) is 10.0. The Labute approximate surface area is 79.6 Å². The summed E-state index contributed by atoms with van der Waals surface area (Å²) in [7, 11) is 0. The van der Waals surface area contributed by atoms with Gasteiger partial charge in [0, 0.05) is 5.56 Å². The van der Waals surface area contributed by atoms with Crippen LogP contribution in [-0.4, -0.2) is 16.0 Å². The van der Waals surface area contributed by atoms with E-state index in [9.17, 15) is 4.79 Å². The second kappa shape index (κ2) is 3.29. The van der Waals surface area contributed by atoms with Crippen LogP contribution in [0.15, 0.2) is 34.7 Å². The van der Waals surface area contributed by atoms with Crippen molar-refractivity contribution in [3.05, 3.63) is 41.8 Å². The largest absolute Gasteiger partial charge is 0.400 e. The van der Waals surface area contributed by atoms with Gasteiger partial charge in [0.15, 0.2) is 0 Å². The highest BCUT2D eigenvalue weighted by Gasteiger charge is 2.14. The van der Waals surface area contributed by atoms with Gasteiger partial charge in [-0.3, -0.25) is 4.79 Å². The molecular formula is C9H7N3O2. The number of nitrogens with two attached hydrogens (primary N) is 1. The molecule has 0 fully saturated rings. The summed E-state index contributed by atoms with van der Waals surface area (Å²) in [6.07, 6.45) is 0. The van der Waals surface area contributed by atoms with E-state index in [0.717, 1.165) is 0 Å². The van der Waals surface area contributed by atoms with E-state index in [4.69, 9.17) is 10.2 Å². The summed E-state index contributed by atoms with van der Waals surface area (Å²) in [6.45, 7) is 0. The standard InChI is InChI=1S/C9H7N3O2/c10-9-12-11-8(14-9)7(13)6-4-2-1-3-5-6/h1-5H,(H2,10,12). The van der Waals surface area contributed by atoms with Crippen LogP contribution in [-0.2, 0) is 0 Å². The molecule has 0 aliphatic heterocycles. The summed E-state index contributed by atoms with van der Waals surface area (Å²) in [6, 6.07) is 8.56. The van der Waals surface area contributed by atoms with Crippen LogP contribution in [0.25, 0.3) is 0 Å². The number of anilines is 1. The smallest absolute Gasteiger partial charge is 0.313 e. The average Bonchev–Trinajstić information content (AvgIpc) is 2.65. The van der Waals surface area contributed by atoms with Crippen LogP contribution < -0.4 is 5.73 Å². The average molecular weight is 189 g/mol. The molecule has 5 nitrogen and oxygen atoms in total. The molecule has 0 spiro atoms. The first-order chi connectivity index (χ1) is 6.77. The van der Waals surface area contributed by atoms with E-state index in [1.807, 2.05) is 6.07 Å². The minimum Gasteiger partial charge on any atom is -0.400 e. The van der Waals surface area contributed by atoms with Crippen LogP contribution in [0.5, 0.6) is 0 Å². The lowest BCUT2D eigenvalue weighted by Gasteiger charge is -1.93. The Balaban J connectivity index is 2.34. The fourth-order valence-corrected chi connectivity index (χ4v) is 1.04. The van der Waals surface area contributed by atoms with Gasteiger partial charge in [0.1, 0.15) is 0 Å². The SMILES string of the molecule is Nc1nnc(C(=O)c2ccccc2)o1. The van der Waals surface area contributed by atoms with Crippen LogP contribution in [0, 0.1) is 0 Å². The lowest BCUT2D eigenvalue weighted by Crippen LogP contribution is -2.00. The van der Waals surface area contributed by atoms with Crippen molar-refractivity contribution in [3.8, 4) is 0 Å². The van der Waals surface area contributed by atoms with Crippen molar-refractivity contribution in [2.75, 3.05) is 5.73 Å². The van der Waals surface area contributed by atoms with Gasteiger partial charge < -0.3 is 10.2 Å². The maximum absolute atomic E-state index is 11.6. The van der Waals surface area contributed by atoms with Crippen molar-refractivity contribution < 1.29 is 9.21 Å². The molecule has 0 unspecified atom stereocenters. The number of nitrogens with zero attached hydrogens (tertiary/aromatic N) is 2. The summed E-state index contributed by atoms with van der Waals surface area (Å²) in [4.78, 5) is 11.6. The van der Waals surface area contributed by atoms with E-state index in [2.05, 4.69) is 10.2 Å². The van der Waals surface area contributed by atoms with Gasteiger partial charge in [-0.05, 0) is 0 Å². The first-order valence-corrected chi connectivity index (χ1v) is 3.96. The Morgan fingerprint density at radius 2 is 1.93 bits per heavy atom. The second-order valence-corrected chi connectivity index (χ2v) is 2.64. The lowest BCUT2D eigenvalue weighted by atomic mass is 10.1. The summed E-state index contributed by atoms with van der Waals surface area (Å²) in [5, 5.41) is 6.90. The van der Waals surface area contributed by atoms with Crippen LogP contribution >= 0.6 is 0 Å². The molecule has 0 saturated carbocycles. The maximum atomic E-state index is 11.6. The Kier molecular flexibility index (Phi) is 1.98. The zero-order chi connectivity index (χ0) is 9.97.